The normalized spacial score (nSPS) is 20.9. The molecular formula is C15H29N2O2+. The molecule has 0 aromatic rings. The van der Waals surface area contributed by atoms with Crippen LogP contribution in [0.15, 0.2) is 0 Å². The van der Waals surface area contributed by atoms with Crippen LogP contribution >= 0.6 is 0 Å². The summed E-state index contributed by atoms with van der Waals surface area (Å²) in [7, 11) is 1.83. The van der Waals surface area contributed by atoms with Crippen molar-refractivity contribution in [3.8, 4) is 0 Å². The number of amides is 1. The van der Waals surface area contributed by atoms with Crippen molar-refractivity contribution in [3.05, 3.63) is 0 Å². The fraction of sp³-hybridized carbons (Fsp3) is 0.867. The molecule has 1 heterocycles. The lowest BCUT2D eigenvalue weighted by atomic mass is 9.97. The lowest BCUT2D eigenvalue weighted by Gasteiger charge is -2.24. The van der Waals surface area contributed by atoms with E-state index in [0.717, 1.165) is 0 Å². The average Bonchev–Trinajstić information content (AvgIpc) is 2.42. The van der Waals surface area contributed by atoms with Crippen LogP contribution in [-0.4, -0.2) is 40.2 Å². The van der Waals surface area contributed by atoms with E-state index < -0.39 is 0 Å². The van der Waals surface area contributed by atoms with Crippen LogP contribution in [0.2, 0.25) is 0 Å². The third-order valence-electron chi connectivity index (χ3n) is 3.24. The molecule has 1 atom stereocenters. The van der Waals surface area contributed by atoms with Crippen LogP contribution in [0.5, 0.6) is 0 Å². The molecule has 1 aliphatic heterocycles. The molecule has 0 radical (unpaired) electrons. The van der Waals surface area contributed by atoms with Gasteiger partial charge in [-0.2, -0.15) is 0 Å². The molecule has 1 fully saturated rings. The minimum Gasteiger partial charge on any atom is -0.313 e. The largest absolute Gasteiger partial charge is 0.313 e. The Hall–Kier alpha value is -0.900. The maximum Gasteiger partial charge on any atom is 0.295 e. The Morgan fingerprint density at radius 2 is 1.74 bits per heavy atom. The number of carbonyl (C=O) groups excluding carboxylic acids is 1. The number of nitrogens with zero attached hydrogens (tertiary/aromatic N) is 2. The van der Waals surface area contributed by atoms with Crippen LogP contribution in [0.4, 0.5) is 0 Å². The number of hydrazine groups is 1. The SMILES string of the molecule is CC(C)C(C(C)C)=[N+]1C(OC(C)(C)C)CC(=O)N1C. The van der Waals surface area contributed by atoms with Crippen molar-refractivity contribution in [2.45, 2.75) is 66.7 Å². The predicted octanol–water partition coefficient (Wildman–Crippen LogP) is 2.67. The van der Waals surface area contributed by atoms with Crippen molar-refractivity contribution in [1.29, 1.82) is 0 Å². The van der Waals surface area contributed by atoms with Crippen molar-refractivity contribution in [1.82, 2.24) is 5.01 Å². The average molecular weight is 269 g/mol. The molecule has 0 bridgehead atoms. The molecule has 4 heteroatoms. The van der Waals surface area contributed by atoms with E-state index in [9.17, 15) is 4.79 Å². The van der Waals surface area contributed by atoms with Crippen molar-refractivity contribution in [2.75, 3.05) is 7.05 Å². The van der Waals surface area contributed by atoms with E-state index in [1.807, 2.05) is 27.8 Å². The van der Waals surface area contributed by atoms with Crippen LogP contribution in [0.25, 0.3) is 0 Å². The quantitative estimate of drug-likeness (QED) is 0.738. The summed E-state index contributed by atoms with van der Waals surface area (Å²) in [5.74, 6) is 0.895. The Balaban J connectivity index is 3.24. The Kier molecular flexibility index (Phi) is 4.77. The fourth-order valence-corrected chi connectivity index (χ4v) is 2.72. The topological polar surface area (TPSA) is 32.6 Å². The van der Waals surface area contributed by atoms with Gasteiger partial charge in [0.2, 0.25) is 0 Å². The molecule has 4 nitrogen and oxygen atoms in total. The Labute approximate surface area is 117 Å². The van der Waals surface area contributed by atoms with E-state index in [2.05, 4.69) is 32.4 Å². The van der Waals surface area contributed by atoms with Gasteiger partial charge < -0.3 is 4.74 Å². The Bertz CT molecular complexity index is 368. The van der Waals surface area contributed by atoms with Gasteiger partial charge in [-0.25, -0.2) is 0 Å². The first kappa shape index (κ1) is 16.2. The first-order chi connectivity index (χ1) is 8.54. The fourth-order valence-electron chi connectivity index (χ4n) is 2.72. The zero-order valence-electron chi connectivity index (χ0n) is 13.7. The maximum atomic E-state index is 12.0. The van der Waals surface area contributed by atoms with Crippen molar-refractivity contribution >= 4 is 11.6 Å². The molecule has 0 saturated carbocycles. The van der Waals surface area contributed by atoms with Gasteiger partial charge in [0.1, 0.15) is 6.42 Å². The van der Waals surface area contributed by atoms with Gasteiger partial charge in [0.15, 0.2) is 5.71 Å². The predicted molar refractivity (Wildman–Crippen MR) is 77.0 cm³/mol. The third-order valence-corrected chi connectivity index (χ3v) is 3.24. The molecule has 1 aliphatic rings. The second-order valence-electron chi connectivity index (χ2n) is 6.89. The summed E-state index contributed by atoms with van der Waals surface area (Å²) >= 11 is 0. The second-order valence-corrected chi connectivity index (χ2v) is 6.89. The number of hydrogen-bond acceptors (Lipinski definition) is 2. The van der Waals surface area contributed by atoms with Crippen LogP contribution in [0, 0.1) is 11.8 Å². The summed E-state index contributed by atoms with van der Waals surface area (Å²) in [6.45, 7) is 14.7. The van der Waals surface area contributed by atoms with Gasteiger partial charge in [0.25, 0.3) is 12.1 Å². The van der Waals surface area contributed by atoms with Gasteiger partial charge in [0.05, 0.1) is 12.6 Å². The lowest BCUT2D eigenvalue weighted by molar-refractivity contribution is -0.716. The number of rotatable bonds is 3. The zero-order valence-corrected chi connectivity index (χ0v) is 13.7. The van der Waals surface area contributed by atoms with Gasteiger partial charge in [-0.3, -0.25) is 4.79 Å². The highest BCUT2D eigenvalue weighted by atomic mass is 16.5. The van der Waals surface area contributed by atoms with Crippen molar-refractivity contribution in [3.63, 3.8) is 0 Å². The number of carbonyl (C=O) groups is 1. The first-order valence-electron chi connectivity index (χ1n) is 7.15. The van der Waals surface area contributed by atoms with E-state index >= 15 is 0 Å². The lowest BCUT2D eigenvalue weighted by Crippen LogP contribution is -2.43. The second kappa shape index (κ2) is 5.61. The molecule has 1 amide bonds. The molecule has 1 saturated heterocycles. The highest BCUT2D eigenvalue weighted by Crippen LogP contribution is 2.23. The molecule has 1 rings (SSSR count). The van der Waals surface area contributed by atoms with Gasteiger partial charge in [-0.1, -0.05) is 32.4 Å². The van der Waals surface area contributed by atoms with Crippen LogP contribution < -0.4 is 0 Å². The third kappa shape index (κ3) is 3.78. The van der Waals surface area contributed by atoms with E-state index in [4.69, 9.17) is 4.74 Å². The molecule has 19 heavy (non-hydrogen) atoms. The van der Waals surface area contributed by atoms with Gasteiger partial charge in [0, 0.05) is 11.8 Å². The molecule has 0 aliphatic carbocycles. The minimum absolute atomic E-state index is 0.119. The van der Waals surface area contributed by atoms with Crippen LogP contribution in [0.3, 0.4) is 0 Å². The van der Waals surface area contributed by atoms with Crippen molar-refractivity contribution in [2.24, 2.45) is 11.8 Å². The van der Waals surface area contributed by atoms with Gasteiger partial charge >= 0.3 is 0 Å². The molecule has 0 spiro atoms. The zero-order chi connectivity index (χ0) is 15.0. The van der Waals surface area contributed by atoms with Crippen LogP contribution in [0.1, 0.15) is 54.9 Å². The molecule has 0 N–H and O–H groups in total. The molecular weight excluding hydrogens is 240 g/mol. The Morgan fingerprint density at radius 3 is 2.11 bits per heavy atom. The van der Waals surface area contributed by atoms with Crippen molar-refractivity contribution < 1.29 is 14.2 Å². The van der Waals surface area contributed by atoms with Gasteiger partial charge in [-0.15, -0.1) is 5.01 Å². The summed E-state index contributed by atoms with van der Waals surface area (Å²) in [4.78, 5) is 12.0. The van der Waals surface area contributed by atoms with E-state index in [1.165, 1.54) is 5.71 Å². The highest BCUT2D eigenvalue weighted by Gasteiger charge is 2.46. The summed E-state index contributed by atoms with van der Waals surface area (Å²) in [5.41, 5.74) is 0.996. The van der Waals surface area contributed by atoms with Crippen LogP contribution in [-0.2, 0) is 9.53 Å². The molecule has 110 valence electrons. The number of ether oxygens (including phenoxy) is 1. The maximum absolute atomic E-state index is 12.0. The Morgan fingerprint density at radius 1 is 1.26 bits per heavy atom. The smallest absolute Gasteiger partial charge is 0.295 e. The minimum atomic E-state index is -0.257. The highest BCUT2D eigenvalue weighted by molar-refractivity contribution is 5.85. The summed E-state index contributed by atoms with van der Waals surface area (Å²) in [5, 5.41) is 1.71. The number of hydrogen-bond donors (Lipinski definition) is 0. The summed E-state index contributed by atoms with van der Waals surface area (Å²) in [6, 6.07) is 0. The standard InChI is InChI=1S/C15H29N2O2/c1-10(2)14(11(3)4)17-13(19-15(5,6)7)9-12(18)16(17)8/h10-11,13H,9H2,1-8H3/q+1. The van der Waals surface area contributed by atoms with E-state index in [-0.39, 0.29) is 17.7 Å². The summed E-state index contributed by atoms with van der Waals surface area (Å²) < 4.78 is 8.13. The number of hydrazone groups is 1. The molecule has 0 aromatic heterocycles. The van der Waals surface area contributed by atoms with Gasteiger partial charge in [-0.05, 0) is 20.8 Å². The summed E-state index contributed by atoms with van der Waals surface area (Å²) in [6.07, 6.45) is 0.244. The van der Waals surface area contributed by atoms with E-state index in [1.54, 1.807) is 5.01 Å². The first-order valence-corrected chi connectivity index (χ1v) is 7.15. The monoisotopic (exact) mass is 269 g/mol. The molecule has 1 unspecified atom stereocenters. The molecule has 0 aromatic carbocycles. The van der Waals surface area contributed by atoms with E-state index in [0.29, 0.717) is 18.3 Å².